The molecule has 10 heteroatoms. The maximum Gasteiger partial charge on any atom is 0.339 e. The summed E-state index contributed by atoms with van der Waals surface area (Å²) in [5, 5.41) is 16.8. The molecule has 4 aromatic heterocycles. The van der Waals surface area contributed by atoms with E-state index in [2.05, 4.69) is 20.6 Å². The second-order valence-electron chi connectivity index (χ2n) is 8.22. The highest BCUT2D eigenvalue weighted by Gasteiger charge is 2.22. The molecule has 1 aromatic carbocycles. The van der Waals surface area contributed by atoms with Crippen molar-refractivity contribution in [2.75, 3.05) is 0 Å². The highest BCUT2D eigenvalue weighted by Crippen LogP contribution is 2.30. The third-order valence-corrected chi connectivity index (χ3v) is 5.46. The van der Waals surface area contributed by atoms with Crippen molar-refractivity contribution < 1.29 is 13.9 Å². The number of tetrazole rings is 1. The topological polar surface area (TPSA) is 114 Å². The van der Waals surface area contributed by atoms with Gasteiger partial charge in [0.05, 0.1) is 28.5 Å². The van der Waals surface area contributed by atoms with Crippen molar-refractivity contribution in [3.8, 4) is 16.9 Å². The van der Waals surface area contributed by atoms with E-state index in [9.17, 15) is 4.79 Å². The zero-order valence-electron chi connectivity index (χ0n) is 19.3. The van der Waals surface area contributed by atoms with Crippen LogP contribution in [0, 0.1) is 13.8 Å². The minimum atomic E-state index is -0.516. The van der Waals surface area contributed by atoms with Crippen molar-refractivity contribution in [1.82, 2.24) is 35.0 Å². The number of ether oxygens (including phenoxy) is 1. The van der Waals surface area contributed by atoms with Crippen LogP contribution < -0.4 is 0 Å². The lowest BCUT2D eigenvalue weighted by Crippen LogP contribution is -2.11. The fourth-order valence-electron chi connectivity index (χ4n) is 3.86. The number of nitrogens with zero attached hydrogens (tertiary/aromatic N) is 7. The van der Waals surface area contributed by atoms with Crippen LogP contribution in [0.4, 0.5) is 0 Å². The third-order valence-electron chi connectivity index (χ3n) is 5.46. The van der Waals surface area contributed by atoms with Crippen molar-refractivity contribution in [2.45, 2.75) is 40.3 Å². The van der Waals surface area contributed by atoms with Crippen molar-refractivity contribution >= 4 is 17.0 Å². The quantitative estimate of drug-likeness (QED) is 0.348. The van der Waals surface area contributed by atoms with Gasteiger partial charge in [-0.05, 0) is 62.4 Å². The number of carbonyl (C=O) groups is 1. The zero-order chi connectivity index (χ0) is 23.8. The van der Waals surface area contributed by atoms with Gasteiger partial charge in [0.1, 0.15) is 11.5 Å². The van der Waals surface area contributed by atoms with Gasteiger partial charge in [-0.1, -0.05) is 18.2 Å². The molecule has 0 aliphatic heterocycles. The number of para-hydroxylation sites is 1. The van der Waals surface area contributed by atoms with Crippen LogP contribution in [0.25, 0.3) is 28.0 Å². The Balaban J connectivity index is 1.51. The minimum absolute atomic E-state index is 0.0619. The van der Waals surface area contributed by atoms with Crippen LogP contribution >= 0.6 is 0 Å². The number of esters is 1. The van der Waals surface area contributed by atoms with Crippen LogP contribution in [0.1, 0.15) is 47.6 Å². The molecule has 0 saturated heterocycles. The molecule has 0 unspecified atom stereocenters. The standard InChI is InChI=1S/C24H23N7O3/c1-14(2)30-23-20(12-25-30)19(11-21(26-23)18-10-15(3)34-16(18)4)24(32)33-13-22-27-28-29-31(22)17-8-6-5-7-9-17/h5-12,14H,13H2,1-4H3. The van der Waals surface area contributed by atoms with Gasteiger partial charge in [-0.2, -0.15) is 9.78 Å². The first-order valence-corrected chi connectivity index (χ1v) is 10.9. The summed E-state index contributed by atoms with van der Waals surface area (Å²) in [5.74, 6) is 1.38. The van der Waals surface area contributed by atoms with Crippen LogP contribution in [0.3, 0.4) is 0 Å². The molecule has 0 aliphatic carbocycles. The Hall–Kier alpha value is -4.34. The Morgan fingerprint density at radius 1 is 1.15 bits per heavy atom. The first-order chi connectivity index (χ1) is 16.4. The number of aromatic nitrogens is 7. The Bertz CT molecular complexity index is 1480. The van der Waals surface area contributed by atoms with E-state index in [-0.39, 0.29) is 12.6 Å². The Morgan fingerprint density at radius 3 is 2.65 bits per heavy atom. The van der Waals surface area contributed by atoms with Crippen molar-refractivity contribution in [2.24, 2.45) is 0 Å². The van der Waals surface area contributed by atoms with Crippen molar-refractivity contribution in [3.05, 3.63) is 71.6 Å². The minimum Gasteiger partial charge on any atom is -0.466 e. The Kier molecular flexibility index (Phi) is 5.40. The predicted octanol–water partition coefficient (Wildman–Crippen LogP) is 4.22. The summed E-state index contributed by atoms with van der Waals surface area (Å²) in [7, 11) is 0. The van der Waals surface area contributed by atoms with E-state index in [1.165, 1.54) is 4.68 Å². The van der Waals surface area contributed by atoms with Crippen molar-refractivity contribution in [3.63, 3.8) is 0 Å². The van der Waals surface area contributed by atoms with E-state index in [0.29, 0.717) is 28.1 Å². The lowest BCUT2D eigenvalue weighted by atomic mass is 10.1. The van der Waals surface area contributed by atoms with Gasteiger partial charge in [0.25, 0.3) is 0 Å². The molecule has 0 fully saturated rings. The van der Waals surface area contributed by atoms with Gasteiger partial charge < -0.3 is 9.15 Å². The van der Waals surface area contributed by atoms with Gasteiger partial charge in [-0.3, -0.25) is 0 Å². The average molecular weight is 457 g/mol. The molecule has 0 aliphatic rings. The SMILES string of the molecule is Cc1cc(-c2cc(C(=O)OCc3nnnn3-c3ccccc3)c3cnn(C(C)C)c3n2)c(C)o1. The second-order valence-corrected chi connectivity index (χ2v) is 8.22. The van der Waals surface area contributed by atoms with Crippen molar-refractivity contribution in [1.29, 1.82) is 0 Å². The molecule has 10 nitrogen and oxygen atoms in total. The van der Waals surface area contributed by atoms with E-state index >= 15 is 0 Å². The predicted molar refractivity (Wildman–Crippen MR) is 123 cm³/mol. The molecule has 5 rings (SSSR count). The summed E-state index contributed by atoms with van der Waals surface area (Å²) in [6.07, 6.45) is 1.64. The molecule has 0 amide bonds. The lowest BCUT2D eigenvalue weighted by Gasteiger charge is -2.10. The smallest absolute Gasteiger partial charge is 0.339 e. The molecule has 34 heavy (non-hydrogen) atoms. The van der Waals surface area contributed by atoms with Crippen LogP contribution in [0.15, 0.2) is 53.1 Å². The summed E-state index contributed by atoms with van der Waals surface area (Å²) >= 11 is 0. The summed E-state index contributed by atoms with van der Waals surface area (Å²) in [6.45, 7) is 7.67. The molecule has 172 valence electrons. The molecular weight excluding hydrogens is 434 g/mol. The van der Waals surface area contributed by atoms with E-state index in [1.807, 2.05) is 64.1 Å². The molecule has 0 spiro atoms. The van der Waals surface area contributed by atoms with Gasteiger partial charge in [-0.15, -0.1) is 5.10 Å². The maximum atomic E-state index is 13.3. The molecule has 0 N–H and O–H groups in total. The maximum absolute atomic E-state index is 13.3. The summed E-state index contributed by atoms with van der Waals surface area (Å²) in [5.41, 5.74) is 3.18. The normalized spacial score (nSPS) is 11.4. The number of hydrogen-bond donors (Lipinski definition) is 0. The van der Waals surface area contributed by atoms with E-state index in [0.717, 1.165) is 22.8 Å². The first-order valence-electron chi connectivity index (χ1n) is 10.9. The molecule has 0 atom stereocenters. The molecule has 0 bridgehead atoms. The first kappa shape index (κ1) is 21.5. The fraction of sp³-hybridized carbons (Fsp3) is 0.250. The number of carbonyl (C=O) groups excluding carboxylic acids is 1. The van der Waals surface area contributed by atoms with Crippen LogP contribution in [-0.4, -0.2) is 40.9 Å². The Morgan fingerprint density at radius 2 is 1.94 bits per heavy atom. The van der Waals surface area contributed by atoms with E-state index in [1.54, 1.807) is 16.9 Å². The number of benzene rings is 1. The average Bonchev–Trinajstić information content (AvgIpc) is 3.55. The summed E-state index contributed by atoms with van der Waals surface area (Å²) in [6, 6.07) is 13.1. The molecule has 5 aromatic rings. The highest BCUT2D eigenvalue weighted by molar-refractivity contribution is 6.03. The van der Waals surface area contributed by atoms with Gasteiger partial charge >= 0.3 is 5.97 Å². The lowest BCUT2D eigenvalue weighted by molar-refractivity contribution is 0.0462. The Labute approximate surface area is 195 Å². The summed E-state index contributed by atoms with van der Waals surface area (Å²) in [4.78, 5) is 18.1. The van der Waals surface area contributed by atoms with Crippen LogP contribution in [0.2, 0.25) is 0 Å². The van der Waals surface area contributed by atoms with E-state index in [4.69, 9.17) is 14.1 Å². The zero-order valence-corrected chi connectivity index (χ0v) is 19.3. The van der Waals surface area contributed by atoms with Crippen LogP contribution in [0.5, 0.6) is 0 Å². The molecule has 0 saturated carbocycles. The molecule has 4 heterocycles. The number of pyridine rings is 1. The number of hydrogen-bond acceptors (Lipinski definition) is 8. The third kappa shape index (κ3) is 3.83. The number of fused-ring (bicyclic) bond motifs is 1. The van der Waals surface area contributed by atoms with Gasteiger partial charge in [-0.25, -0.2) is 14.5 Å². The van der Waals surface area contributed by atoms with E-state index < -0.39 is 5.97 Å². The summed E-state index contributed by atoms with van der Waals surface area (Å²) < 4.78 is 14.7. The number of aryl methyl sites for hydroxylation is 2. The fourth-order valence-corrected chi connectivity index (χ4v) is 3.86. The number of rotatable bonds is 6. The highest BCUT2D eigenvalue weighted by atomic mass is 16.5. The largest absolute Gasteiger partial charge is 0.466 e. The molecular formula is C24H23N7O3. The van der Waals surface area contributed by atoms with Gasteiger partial charge in [0.2, 0.25) is 0 Å². The van der Waals surface area contributed by atoms with Crippen LogP contribution in [-0.2, 0) is 11.3 Å². The van der Waals surface area contributed by atoms with Gasteiger partial charge in [0.15, 0.2) is 18.1 Å². The van der Waals surface area contributed by atoms with Gasteiger partial charge in [0, 0.05) is 11.6 Å². The number of furan rings is 1. The molecule has 0 radical (unpaired) electrons. The monoisotopic (exact) mass is 457 g/mol. The second kappa shape index (κ2) is 8.54.